The van der Waals surface area contributed by atoms with Crippen LogP contribution in [-0.2, 0) is 20.0 Å². The maximum absolute atomic E-state index is 12.9. The second-order valence-corrected chi connectivity index (χ2v) is 12.2. The summed E-state index contributed by atoms with van der Waals surface area (Å²) in [6.07, 6.45) is 0. The van der Waals surface area contributed by atoms with Crippen molar-refractivity contribution in [2.45, 2.75) is 30.6 Å². The van der Waals surface area contributed by atoms with Crippen LogP contribution in [0.2, 0.25) is 0 Å². The zero-order valence-electron chi connectivity index (χ0n) is 21.0. The first-order chi connectivity index (χ1) is 17.9. The summed E-state index contributed by atoms with van der Waals surface area (Å²) in [7, 11) is -7.65. The molecule has 1 amide bonds. The van der Waals surface area contributed by atoms with Gasteiger partial charge in [0.05, 0.1) is 21.2 Å². The summed E-state index contributed by atoms with van der Waals surface area (Å²) in [4.78, 5) is 13.0. The Balaban J connectivity index is 1.48. The molecule has 0 aliphatic heterocycles. The summed E-state index contributed by atoms with van der Waals surface area (Å²) in [5.41, 5.74) is 3.86. The van der Waals surface area contributed by atoms with Crippen molar-refractivity contribution in [3.8, 4) is 0 Å². The number of carbonyl (C=O) groups excluding carboxylic acids is 1. The Morgan fingerprint density at radius 1 is 0.605 bits per heavy atom. The Morgan fingerprint density at radius 3 is 1.84 bits per heavy atom. The van der Waals surface area contributed by atoms with Crippen LogP contribution in [0.1, 0.15) is 27.0 Å². The number of carbonyl (C=O) groups is 1. The van der Waals surface area contributed by atoms with Crippen molar-refractivity contribution >= 4 is 43.0 Å². The van der Waals surface area contributed by atoms with E-state index in [2.05, 4.69) is 14.8 Å². The minimum Gasteiger partial charge on any atom is -0.322 e. The van der Waals surface area contributed by atoms with Crippen molar-refractivity contribution in [2.75, 3.05) is 14.8 Å². The van der Waals surface area contributed by atoms with E-state index >= 15 is 0 Å². The first-order valence-electron chi connectivity index (χ1n) is 11.6. The predicted molar refractivity (Wildman–Crippen MR) is 150 cm³/mol. The predicted octanol–water partition coefficient (Wildman–Crippen LogP) is 5.47. The molecule has 0 aromatic heterocycles. The molecule has 4 rings (SSSR count). The molecule has 0 spiro atoms. The highest BCUT2D eigenvalue weighted by molar-refractivity contribution is 7.93. The molecular formula is C28H27N3O5S2. The normalized spacial score (nSPS) is 11.6. The van der Waals surface area contributed by atoms with Gasteiger partial charge in [-0.1, -0.05) is 42.0 Å². The smallest absolute Gasteiger partial charge is 0.261 e. The Bertz CT molecular complexity index is 1700. The lowest BCUT2D eigenvalue weighted by Crippen LogP contribution is -2.16. The number of anilines is 3. The molecule has 8 nitrogen and oxygen atoms in total. The van der Waals surface area contributed by atoms with Crippen molar-refractivity contribution < 1.29 is 21.6 Å². The van der Waals surface area contributed by atoms with Gasteiger partial charge in [0.1, 0.15) is 0 Å². The highest BCUT2D eigenvalue weighted by Gasteiger charge is 2.18. The van der Waals surface area contributed by atoms with Gasteiger partial charge in [0.25, 0.3) is 26.0 Å². The van der Waals surface area contributed by atoms with E-state index in [-0.39, 0.29) is 21.0 Å². The van der Waals surface area contributed by atoms with Gasteiger partial charge in [0.2, 0.25) is 0 Å². The third-order valence-electron chi connectivity index (χ3n) is 5.85. The molecule has 10 heteroatoms. The Labute approximate surface area is 222 Å². The highest BCUT2D eigenvalue weighted by Crippen LogP contribution is 2.24. The summed E-state index contributed by atoms with van der Waals surface area (Å²) in [6, 6.07) is 23.8. The number of amides is 1. The summed E-state index contributed by atoms with van der Waals surface area (Å²) in [5, 5.41) is 2.71. The fraction of sp³-hybridized carbons (Fsp3) is 0.107. The molecule has 4 aromatic rings. The number of hydrogen-bond acceptors (Lipinski definition) is 5. The van der Waals surface area contributed by atoms with Crippen molar-refractivity contribution in [1.29, 1.82) is 0 Å². The zero-order chi connectivity index (χ0) is 27.5. The number of benzene rings is 4. The first-order valence-corrected chi connectivity index (χ1v) is 14.6. The molecule has 4 aromatic carbocycles. The lowest BCUT2D eigenvalue weighted by Gasteiger charge is -2.13. The van der Waals surface area contributed by atoms with Crippen LogP contribution < -0.4 is 14.8 Å². The molecule has 3 N–H and O–H groups in total. The van der Waals surface area contributed by atoms with E-state index in [9.17, 15) is 21.6 Å². The van der Waals surface area contributed by atoms with Crippen molar-refractivity contribution in [3.63, 3.8) is 0 Å². The quantitative estimate of drug-likeness (QED) is 0.269. The molecule has 0 heterocycles. The van der Waals surface area contributed by atoms with Gasteiger partial charge in [-0.3, -0.25) is 14.2 Å². The lowest BCUT2D eigenvalue weighted by atomic mass is 10.1. The number of nitrogens with one attached hydrogen (secondary N) is 3. The van der Waals surface area contributed by atoms with Gasteiger partial charge in [-0.2, -0.15) is 0 Å². The van der Waals surface area contributed by atoms with E-state index in [0.29, 0.717) is 16.9 Å². The highest BCUT2D eigenvalue weighted by atomic mass is 32.2. The monoisotopic (exact) mass is 549 g/mol. The minimum atomic E-state index is -3.83. The first kappa shape index (κ1) is 26.9. The van der Waals surface area contributed by atoms with Crippen LogP contribution >= 0.6 is 0 Å². The van der Waals surface area contributed by atoms with Crippen LogP contribution in [0.3, 0.4) is 0 Å². The van der Waals surface area contributed by atoms with E-state index < -0.39 is 26.0 Å². The topological polar surface area (TPSA) is 121 Å². The Kier molecular flexibility index (Phi) is 7.56. The molecule has 0 atom stereocenters. The van der Waals surface area contributed by atoms with Gasteiger partial charge in [0.15, 0.2) is 0 Å². The van der Waals surface area contributed by atoms with Crippen LogP contribution in [0.25, 0.3) is 0 Å². The van der Waals surface area contributed by atoms with E-state index in [1.807, 2.05) is 26.0 Å². The fourth-order valence-corrected chi connectivity index (χ4v) is 6.00. The maximum atomic E-state index is 12.9. The number of aryl methyl sites for hydroxylation is 3. The average molecular weight is 550 g/mol. The minimum absolute atomic E-state index is 0.0448. The molecular weight excluding hydrogens is 522 g/mol. The molecule has 0 saturated heterocycles. The lowest BCUT2D eigenvalue weighted by molar-refractivity contribution is 0.102. The second kappa shape index (κ2) is 10.7. The molecule has 0 unspecified atom stereocenters. The van der Waals surface area contributed by atoms with Crippen LogP contribution in [0.5, 0.6) is 0 Å². The Morgan fingerprint density at radius 2 is 1.21 bits per heavy atom. The third kappa shape index (κ3) is 6.21. The van der Waals surface area contributed by atoms with Gasteiger partial charge >= 0.3 is 0 Å². The van der Waals surface area contributed by atoms with Crippen LogP contribution in [-0.4, -0.2) is 22.7 Å². The molecule has 0 fully saturated rings. The molecule has 0 radical (unpaired) electrons. The number of hydrogen-bond donors (Lipinski definition) is 3. The number of sulfonamides is 2. The van der Waals surface area contributed by atoms with Gasteiger partial charge in [-0.25, -0.2) is 16.8 Å². The standard InChI is InChI=1S/C28H27N3O5S2/c1-19-9-16-26(21(3)17-19)30-38(35,36)25-14-12-23(13-15-25)29-28(32)22-11-10-20(2)27(18-22)31-37(33,34)24-7-5-4-6-8-24/h4-18,30-31H,1-3H3,(H,29,32). The summed E-state index contributed by atoms with van der Waals surface area (Å²) >= 11 is 0. The van der Waals surface area contributed by atoms with Crippen molar-refractivity contribution in [1.82, 2.24) is 0 Å². The van der Waals surface area contributed by atoms with E-state index in [0.717, 1.165) is 11.1 Å². The third-order valence-corrected chi connectivity index (χ3v) is 8.61. The molecule has 0 aliphatic rings. The van der Waals surface area contributed by atoms with Gasteiger partial charge in [0, 0.05) is 11.3 Å². The largest absolute Gasteiger partial charge is 0.322 e. The zero-order valence-corrected chi connectivity index (χ0v) is 22.7. The fourth-order valence-electron chi connectivity index (χ4n) is 3.73. The van der Waals surface area contributed by atoms with Crippen LogP contribution in [0.4, 0.5) is 17.1 Å². The second-order valence-electron chi connectivity index (χ2n) is 8.85. The van der Waals surface area contributed by atoms with E-state index in [4.69, 9.17) is 0 Å². The molecule has 0 bridgehead atoms. The maximum Gasteiger partial charge on any atom is 0.261 e. The van der Waals surface area contributed by atoms with Crippen LogP contribution in [0, 0.1) is 20.8 Å². The molecule has 0 aliphatic carbocycles. The van der Waals surface area contributed by atoms with Gasteiger partial charge in [-0.05, 0) is 86.5 Å². The average Bonchev–Trinajstić information content (AvgIpc) is 2.88. The Hall–Kier alpha value is -4.15. The number of rotatable bonds is 8. The molecule has 0 saturated carbocycles. The van der Waals surface area contributed by atoms with Gasteiger partial charge < -0.3 is 5.32 Å². The SMILES string of the molecule is Cc1ccc(NS(=O)(=O)c2ccc(NC(=O)c3ccc(C)c(NS(=O)(=O)c4ccccc4)c3)cc2)c(C)c1. The summed E-state index contributed by atoms with van der Waals surface area (Å²) < 4.78 is 56.2. The molecule has 196 valence electrons. The van der Waals surface area contributed by atoms with Crippen LogP contribution in [0.15, 0.2) is 101 Å². The summed E-state index contributed by atoms with van der Waals surface area (Å²) in [5.74, 6) is -0.478. The summed E-state index contributed by atoms with van der Waals surface area (Å²) in [6.45, 7) is 5.49. The molecule has 38 heavy (non-hydrogen) atoms. The van der Waals surface area contributed by atoms with Crippen molar-refractivity contribution in [3.05, 3.63) is 113 Å². The van der Waals surface area contributed by atoms with E-state index in [1.165, 1.54) is 42.5 Å². The van der Waals surface area contributed by atoms with Gasteiger partial charge in [-0.15, -0.1) is 0 Å². The van der Waals surface area contributed by atoms with Crippen molar-refractivity contribution in [2.24, 2.45) is 0 Å². The van der Waals surface area contributed by atoms with E-state index in [1.54, 1.807) is 43.3 Å².